The van der Waals surface area contributed by atoms with E-state index in [1.807, 2.05) is 0 Å². The molecule has 1 rings (SSSR count). The molecule has 5 heteroatoms. The standard InChI is InChI=1S/C10H12F3NO/c1-7-3-2-4-8(14)9(7)15-6-5-10(11,12)13/h2-4H,5-6,14H2,1H3. The largest absolute Gasteiger partial charge is 0.491 e. The number of benzene rings is 1. The van der Waals surface area contributed by atoms with E-state index < -0.39 is 19.2 Å². The van der Waals surface area contributed by atoms with Crippen LogP contribution in [0.1, 0.15) is 12.0 Å². The fourth-order valence-electron chi connectivity index (χ4n) is 1.14. The van der Waals surface area contributed by atoms with Gasteiger partial charge in [-0.3, -0.25) is 0 Å². The number of halogens is 3. The van der Waals surface area contributed by atoms with Crippen LogP contribution >= 0.6 is 0 Å². The molecule has 0 atom stereocenters. The third kappa shape index (κ3) is 3.69. The van der Waals surface area contributed by atoms with Gasteiger partial charge in [-0.05, 0) is 18.6 Å². The molecule has 0 aliphatic carbocycles. The molecule has 0 unspecified atom stereocenters. The summed E-state index contributed by atoms with van der Waals surface area (Å²) in [6.45, 7) is 1.33. The van der Waals surface area contributed by atoms with Gasteiger partial charge in [0.2, 0.25) is 0 Å². The summed E-state index contributed by atoms with van der Waals surface area (Å²) in [6.07, 6.45) is -5.17. The summed E-state index contributed by atoms with van der Waals surface area (Å²) in [4.78, 5) is 0. The van der Waals surface area contributed by atoms with Crippen LogP contribution in [0.5, 0.6) is 5.75 Å². The number of rotatable bonds is 3. The minimum absolute atomic E-state index is 0.335. The minimum Gasteiger partial charge on any atom is -0.491 e. The van der Waals surface area contributed by atoms with Gasteiger partial charge in [-0.2, -0.15) is 13.2 Å². The van der Waals surface area contributed by atoms with Crippen molar-refractivity contribution in [2.24, 2.45) is 0 Å². The summed E-state index contributed by atoms with van der Waals surface area (Å²) in [5, 5.41) is 0. The van der Waals surface area contributed by atoms with Crippen molar-refractivity contribution in [3.8, 4) is 5.75 Å². The van der Waals surface area contributed by atoms with E-state index in [0.717, 1.165) is 5.56 Å². The maximum atomic E-state index is 11.8. The van der Waals surface area contributed by atoms with E-state index in [0.29, 0.717) is 11.4 Å². The Morgan fingerprint density at radius 3 is 2.53 bits per heavy atom. The molecule has 84 valence electrons. The van der Waals surface area contributed by atoms with Crippen LogP contribution < -0.4 is 10.5 Å². The number of para-hydroxylation sites is 1. The molecule has 0 amide bonds. The molecule has 0 aliphatic rings. The monoisotopic (exact) mass is 219 g/mol. The molecule has 0 heterocycles. The molecule has 2 N–H and O–H groups in total. The van der Waals surface area contributed by atoms with Crippen molar-refractivity contribution in [2.75, 3.05) is 12.3 Å². The topological polar surface area (TPSA) is 35.2 Å². The number of nitrogen functional groups attached to an aromatic ring is 1. The lowest BCUT2D eigenvalue weighted by atomic mass is 10.2. The number of hydrogen-bond acceptors (Lipinski definition) is 2. The van der Waals surface area contributed by atoms with E-state index >= 15 is 0 Å². The lowest BCUT2D eigenvalue weighted by molar-refractivity contribution is -0.139. The van der Waals surface area contributed by atoms with Gasteiger partial charge in [0, 0.05) is 0 Å². The van der Waals surface area contributed by atoms with Crippen LogP contribution in [0.4, 0.5) is 18.9 Å². The summed E-state index contributed by atoms with van der Waals surface area (Å²) in [5.41, 5.74) is 6.66. The van der Waals surface area contributed by atoms with Crippen molar-refractivity contribution >= 4 is 5.69 Å². The molecule has 0 saturated carbocycles. The SMILES string of the molecule is Cc1cccc(N)c1OCCC(F)(F)F. The predicted octanol–water partition coefficient (Wildman–Crippen LogP) is 2.91. The highest BCUT2D eigenvalue weighted by Crippen LogP contribution is 2.27. The molecule has 1 aromatic rings. The zero-order valence-corrected chi connectivity index (χ0v) is 8.27. The van der Waals surface area contributed by atoms with E-state index in [4.69, 9.17) is 10.5 Å². The average molecular weight is 219 g/mol. The molecular formula is C10H12F3NO. The molecule has 0 bridgehead atoms. The van der Waals surface area contributed by atoms with E-state index in [-0.39, 0.29) is 0 Å². The fraction of sp³-hybridized carbons (Fsp3) is 0.400. The molecular weight excluding hydrogens is 207 g/mol. The summed E-state index contributed by atoms with van der Waals surface area (Å²) < 4.78 is 40.5. The van der Waals surface area contributed by atoms with Gasteiger partial charge in [-0.25, -0.2) is 0 Å². The number of anilines is 1. The normalized spacial score (nSPS) is 11.5. The Morgan fingerprint density at radius 2 is 2.00 bits per heavy atom. The Hall–Kier alpha value is -1.39. The van der Waals surface area contributed by atoms with Gasteiger partial charge in [0.05, 0.1) is 18.7 Å². The Bertz CT molecular complexity index is 316. The van der Waals surface area contributed by atoms with Crippen molar-refractivity contribution in [1.82, 2.24) is 0 Å². The van der Waals surface area contributed by atoms with Crippen LogP contribution in [0.15, 0.2) is 18.2 Å². The lowest BCUT2D eigenvalue weighted by Gasteiger charge is -2.12. The Balaban J connectivity index is 2.58. The van der Waals surface area contributed by atoms with Gasteiger partial charge >= 0.3 is 6.18 Å². The Kier molecular flexibility index (Phi) is 3.44. The fourth-order valence-corrected chi connectivity index (χ4v) is 1.14. The molecule has 0 fully saturated rings. The van der Waals surface area contributed by atoms with Crippen molar-refractivity contribution in [3.05, 3.63) is 23.8 Å². The van der Waals surface area contributed by atoms with Gasteiger partial charge in [0.15, 0.2) is 0 Å². The first-order chi connectivity index (χ1) is 6.90. The number of nitrogens with two attached hydrogens (primary N) is 1. The molecule has 0 aromatic heterocycles. The lowest BCUT2D eigenvalue weighted by Crippen LogP contribution is -2.13. The number of aryl methyl sites for hydroxylation is 1. The van der Waals surface area contributed by atoms with Crippen molar-refractivity contribution in [3.63, 3.8) is 0 Å². The van der Waals surface area contributed by atoms with Crippen LogP contribution in [0.25, 0.3) is 0 Å². The second-order valence-corrected chi connectivity index (χ2v) is 3.21. The van der Waals surface area contributed by atoms with Crippen molar-refractivity contribution in [2.45, 2.75) is 19.5 Å². The van der Waals surface area contributed by atoms with E-state index in [9.17, 15) is 13.2 Å². The maximum Gasteiger partial charge on any atom is 0.392 e. The quantitative estimate of drug-likeness (QED) is 0.793. The second kappa shape index (κ2) is 4.42. The maximum absolute atomic E-state index is 11.8. The van der Waals surface area contributed by atoms with E-state index in [2.05, 4.69) is 0 Å². The van der Waals surface area contributed by atoms with E-state index in [1.165, 1.54) is 0 Å². The van der Waals surface area contributed by atoms with Crippen LogP contribution in [-0.4, -0.2) is 12.8 Å². The highest BCUT2D eigenvalue weighted by Gasteiger charge is 2.27. The smallest absolute Gasteiger partial charge is 0.392 e. The van der Waals surface area contributed by atoms with Gasteiger partial charge in [0.1, 0.15) is 5.75 Å². The summed E-state index contributed by atoms with van der Waals surface area (Å²) >= 11 is 0. The van der Waals surface area contributed by atoms with Gasteiger partial charge in [-0.1, -0.05) is 12.1 Å². The zero-order chi connectivity index (χ0) is 11.5. The van der Waals surface area contributed by atoms with Gasteiger partial charge < -0.3 is 10.5 Å². The number of ether oxygens (including phenoxy) is 1. The van der Waals surface area contributed by atoms with Crippen molar-refractivity contribution in [1.29, 1.82) is 0 Å². The highest BCUT2D eigenvalue weighted by atomic mass is 19.4. The molecule has 0 radical (unpaired) electrons. The Morgan fingerprint density at radius 1 is 1.33 bits per heavy atom. The second-order valence-electron chi connectivity index (χ2n) is 3.21. The molecule has 1 aromatic carbocycles. The summed E-state index contributed by atoms with van der Waals surface area (Å²) in [5.74, 6) is 0.335. The van der Waals surface area contributed by atoms with Crippen LogP contribution in [0, 0.1) is 6.92 Å². The first kappa shape index (κ1) is 11.7. The molecule has 0 spiro atoms. The summed E-state index contributed by atoms with van der Waals surface area (Å²) in [7, 11) is 0. The zero-order valence-electron chi connectivity index (χ0n) is 8.27. The molecule has 0 aliphatic heterocycles. The van der Waals surface area contributed by atoms with Gasteiger partial charge in [0.25, 0.3) is 0 Å². The van der Waals surface area contributed by atoms with Crippen LogP contribution in [0.2, 0.25) is 0 Å². The Labute approximate surface area is 85.8 Å². The van der Waals surface area contributed by atoms with Crippen molar-refractivity contribution < 1.29 is 17.9 Å². The third-order valence-electron chi connectivity index (χ3n) is 1.87. The number of alkyl halides is 3. The summed E-state index contributed by atoms with van der Waals surface area (Å²) in [6, 6.07) is 5.05. The van der Waals surface area contributed by atoms with Crippen LogP contribution in [0.3, 0.4) is 0 Å². The van der Waals surface area contributed by atoms with E-state index in [1.54, 1.807) is 25.1 Å². The van der Waals surface area contributed by atoms with Crippen LogP contribution in [-0.2, 0) is 0 Å². The highest BCUT2D eigenvalue weighted by molar-refractivity contribution is 5.56. The van der Waals surface area contributed by atoms with Gasteiger partial charge in [-0.15, -0.1) is 0 Å². The molecule has 0 saturated heterocycles. The predicted molar refractivity (Wildman–Crippen MR) is 51.8 cm³/mol. The first-order valence-electron chi connectivity index (χ1n) is 4.45. The minimum atomic E-state index is -4.20. The molecule has 15 heavy (non-hydrogen) atoms. The number of hydrogen-bond donors (Lipinski definition) is 1. The molecule has 2 nitrogen and oxygen atoms in total. The first-order valence-corrected chi connectivity index (χ1v) is 4.45. The average Bonchev–Trinajstić information content (AvgIpc) is 2.08. The third-order valence-corrected chi connectivity index (χ3v) is 1.87.